The molecule has 4 nitrogen and oxygen atoms in total. The van der Waals surface area contributed by atoms with E-state index in [1.54, 1.807) is 0 Å². The van der Waals surface area contributed by atoms with Gasteiger partial charge in [-0.1, -0.05) is 12.8 Å². The lowest BCUT2D eigenvalue weighted by Gasteiger charge is -2.20. The van der Waals surface area contributed by atoms with Crippen molar-refractivity contribution in [3.05, 3.63) is 18.1 Å². The maximum atomic E-state index is 5.41. The second-order valence-corrected chi connectivity index (χ2v) is 4.67. The summed E-state index contributed by atoms with van der Waals surface area (Å²) in [6.45, 7) is 5.39. The second kappa shape index (κ2) is 6.36. The predicted molar refractivity (Wildman–Crippen MR) is 73.2 cm³/mol. The van der Waals surface area contributed by atoms with Gasteiger partial charge >= 0.3 is 0 Å². The van der Waals surface area contributed by atoms with E-state index in [4.69, 9.17) is 6.42 Å². The molecule has 1 aliphatic rings. The lowest BCUT2D eigenvalue weighted by atomic mass is 10.3. The van der Waals surface area contributed by atoms with Crippen molar-refractivity contribution in [2.45, 2.75) is 26.3 Å². The first kappa shape index (κ1) is 12.8. The Balaban J connectivity index is 1.98. The molecular weight excluding hydrogens is 224 g/mol. The molecule has 18 heavy (non-hydrogen) atoms. The van der Waals surface area contributed by atoms with Gasteiger partial charge in [-0.05, 0) is 25.3 Å². The topological polar surface area (TPSA) is 41.1 Å². The van der Waals surface area contributed by atoms with Crippen LogP contribution in [0.25, 0.3) is 0 Å². The van der Waals surface area contributed by atoms with Crippen LogP contribution in [0, 0.1) is 18.3 Å². The molecule has 1 aromatic rings. The van der Waals surface area contributed by atoms with Crippen LogP contribution in [-0.2, 0) is 6.54 Å². The molecule has 96 valence electrons. The summed E-state index contributed by atoms with van der Waals surface area (Å²) in [7, 11) is 0. The highest BCUT2D eigenvalue weighted by Gasteiger charge is 2.24. The fraction of sp³-hybridized carbons (Fsp3) is 0.571. The Morgan fingerprint density at radius 2 is 2.28 bits per heavy atom. The van der Waals surface area contributed by atoms with E-state index < -0.39 is 0 Å². The van der Waals surface area contributed by atoms with Gasteiger partial charge in [0, 0.05) is 13.1 Å². The summed E-state index contributed by atoms with van der Waals surface area (Å²) in [4.78, 5) is 11.0. The maximum absolute atomic E-state index is 5.41. The summed E-state index contributed by atoms with van der Waals surface area (Å²) >= 11 is 0. The Morgan fingerprint density at radius 3 is 2.83 bits per heavy atom. The van der Waals surface area contributed by atoms with Gasteiger partial charge in [0.05, 0.1) is 24.6 Å². The van der Waals surface area contributed by atoms with Gasteiger partial charge in [0.1, 0.15) is 5.82 Å². The average molecular weight is 244 g/mol. The van der Waals surface area contributed by atoms with Crippen LogP contribution in [-0.4, -0.2) is 29.6 Å². The normalized spacial score (nSPS) is 14.2. The van der Waals surface area contributed by atoms with Gasteiger partial charge < -0.3 is 10.2 Å². The van der Waals surface area contributed by atoms with Gasteiger partial charge in [0.15, 0.2) is 0 Å². The number of hydrogen-bond acceptors (Lipinski definition) is 4. The third kappa shape index (κ3) is 3.71. The Kier molecular flexibility index (Phi) is 4.54. The molecule has 1 N–H and O–H groups in total. The number of hydrogen-bond donors (Lipinski definition) is 1. The van der Waals surface area contributed by atoms with Crippen molar-refractivity contribution in [1.82, 2.24) is 15.3 Å². The summed E-state index contributed by atoms with van der Waals surface area (Å²) in [5, 5.41) is 3.23. The van der Waals surface area contributed by atoms with E-state index in [2.05, 4.69) is 33.0 Å². The minimum atomic E-state index is 0.609. The minimum Gasteiger partial charge on any atom is -0.344 e. The van der Waals surface area contributed by atoms with Crippen LogP contribution < -0.4 is 10.2 Å². The Bertz CT molecular complexity index is 403. The summed E-state index contributed by atoms with van der Waals surface area (Å²) < 4.78 is 0. The fourth-order valence-corrected chi connectivity index (χ4v) is 1.82. The lowest BCUT2D eigenvalue weighted by molar-refractivity contribution is 0.702. The van der Waals surface area contributed by atoms with E-state index in [-0.39, 0.29) is 0 Å². The van der Waals surface area contributed by atoms with Crippen molar-refractivity contribution >= 4 is 5.82 Å². The zero-order chi connectivity index (χ0) is 12.8. The quantitative estimate of drug-likeness (QED) is 0.737. The van der Waals surface area contributed by atoms with E-state index in [1.807, 2.05) is 12.4 Å². The molecule has 1 aliphatic carbocycles. The van der Waals surface area contributed by atoms with Crippen LogP contribution in [0.2, 0.25) is 0 Å². The number of terminal acetylenes is 1. The Morgan fingerprint density at radius 1 is 1.44 bits per heavy atom. The summed E-state index contributed by atoms with van der Waals surface area (Å²) in [5.41, 5.74) is 0.965. The van der Waals surface area contributed by atoms with Crippen molar-refractivity contribution in [2.75, 3.05) is 24.5 Å². The monoisotopic (exact) mass is 244 g/mol. The van der Waals surface area contributed by atoms with Crippen molar-refractivity contribution in [1.29, 1.82) is 0 Å². The molecule has 0 saturated heterocycles. The summed E-state index contributed by atoms with van der Waals surface area (Å²) in [6, 6.07) is 0. The maximum Gasteiger partial charge on any atom is 0.147 e. The van der Waals surface area contributed by atoms with Crippen LogP contribution in [0.5, 0.6) is 0 Å². The molecular formula is C14H20N4. The van der Waals surface area contributed by atoms with Gasteiger partial charge in [-0.2, -0.15) is 0 Å². The van der Waals surface area contributed by atoms with Gasteiger partial charge in [-0.3, -0.25) is 4.98 Å². The molecule has 0 atom stereocenters. The van der Waals surface area contributed by atoms with Gasteiger partial charge in [0.25, 0.3) is 0 Å². The van der Waals surface area contributed by atoms with E-state index in [9.17, 15) is 0 Å². The summed E-state index contributed by atoms with van der Waals surface area (Å²) in [5.74, 6) is 4.38. The number of nitrogens with one attached hydrogen (secondary N) is 1. The van der Waals surface area contributed by atoms with E-state index in [0.29, 0.717) is 6.54 Å². The number of rotatable bonds is 7. The molecule has 0 aromatic carbocycles. The first-order valence-electron chi connectivity index (χ1n) is 6.53. The molecule has 1 saturated carbocycles. The average Bonchev–Trinajstić information content (AvgIpc) is 3.20. The third-order valence-corrected chi connectivity index (χ3v) is 3.03. The van der Waals surface area contributed by atoms with Crippen molar-refractivity contribution in [3.8, 4) is 12.3 Å². The van der Waals surface area contributed by atoms with Crippen LogP contribution in [0.15, 0.2) is 12.4 Å². The molecule has 1 fully saturated rings. The first-order chi connectivity index (χ1) is 8.83. The smallest absolute Gasteiger partial charge is 0.147 e. The van der Waals surface area contributed by atoms with E-state index in [1.165, 1.54) is 12.8 Å². The number of nitrogens with zero attached hydrogens (tertiary/aromatic N) is 3. The highest BCUT2D eigenvalue weighted by atomic mass is 15.2. The third-order valence-electron chi connectivity index (χ3n) is 3.03. The van der Waals surface area contributed by atoms with Crippen molar-refractivity contribution in [2.24, 2.45) is 5.92 Å². The van der Waals surface area contributed by atoms with Crippen LogP contribution >= 0.6 is 0 Å². The van der Waals surface area contributed by atoms with E-state index >= 15 is 0 Å². The number of anilines is 1. The molecule has 0 bridgehead atoms. The highest BCUT2D eigenvalue weighted by molar-refractivity contribution is 5.38. The van der Waals surface area contributed by atoms with Crippen LogP contribution in [0.3, 0.4) is 0 Å². The minimum absolute atomic E-state index is 0.609. The molecule has 0 unspecified atom stereocenters. The molecule has 0 aliphatic heterocycles. The Hall–Kier alpha value is -1.60. The van der Waals surface area contributed by atoms with Crippen molar-refractivity contribution in [3.63, 3.8) is 0 Å². The van der Waals surface area contributed by atoms with Crippen LogP contribution in [0.1, 0.15) is 25.5 Å². The van der Waals surface area contributed by atoms with Crippen LogP contribution in [0.4, 0.5) is 5.82 Å². The summed E-state index contributed by atoms with van der Waals surface area (Å²) in [6.07, 6.45) is 11.7. The predicted octanol–water partition coefficient (Wildman–Crippen LogP) is 1.44. The van der Waals surface area contributed by atoms with E-state index in [0.717, 1.165) is 37.1 Å². The van der Waals surface area contributed by atoms with Gasteiger partial charge in [-0.15, -0.1) is 6.42 Å². The molecule has 1 heterocycles. The Labute approximate surface area is 109 Å². The highest BCUT2D eigenvalue weighted by Crippen LogP contribution is 2.30. The molecule has 1 aromatic heterocycles. The zero-order valence-corrected chi connectivity index (χ0v) is 10.9. The molecule has 4 heteroatoms. The zero-order valence-electron chi connectivity index (χ0n) is 10.9. The fourth-order valence-electron chi connectivity index (χ4n) is 1.82. The largest absolute Gasteiger partial charge is 0.344 e. The number of aromatic nitrogens is 2. The van der Waals surface area contributed by atoms with Gasteiger partial charge in [-0.25, -0.2) is 4.98 Å². The second-order valence-electron chi connectivity index (χ2n) is 4.67. The molecule has 0 spiro atoms. The lowest BCUT2D eigenvalue weighted by Crippen LogP contribution is -2.27. The molecule has 0 radical (unpaired) electrons. The molecule has 0 amide bonds. The molecule has 2 rings (SSSR count). The standard InChI is InChI=1S/C14H20N4/c1-3-7-18(11-12-5-6-12)14-10-16-13(9-17-14)8-15-4-2/h1,9-10,12,15H,4-8,11H2,2H3. The van der Waals surface area contributed by atoms with Crippen molar-refractivity contribution < 1.29 is 0 Å². The van der Waals surface area contributed by atoms with Gasteiger partial charge in [0.2, 0.25) is 0 Å². The SMILES string of the molecule is C#CCN(CC1CC1)c1cnc(CNCC)cn1. The first-order valence-corrected chi connectivity index (χ1v) is 6.53.